The Morgan fingerprint density at radius 2 is 2.00 bits per heavy atom. The highest BCUT2D eigenvalue weighted by Gasteiger charge is 2.03. The Hall–Kier alpha value is -0.820. The highest BCUT2D eigenvalue weighted by Crippen LogP contribution is 2.11. The van der Waals surface area contributed by atoms with Crippen LogP contribution >= 0.6 is 24.0 Å². The van der Waals surface area contributed by atoms with Gasteiger partial charge in [-0.15, -0.1) is 24.0 Å². The van der Waals surface area contributed by atoms with Crippen molar-refractivity contribution >= 4 is 29.9 Å². The number of aliphatic hydroxyl groups is 1. The number of hydrogen-bond donors (Lipinski definition) is 3. The van der Waals surface area contributed by atoms with Crippen LogP contribution in [0.1, 0.15) is 30.5 Å². The van der Waals surface area contributed by atoms with Crippen molar-refractivity contribution in [3.63, 3.8) is 0 Å². The van der Waals surface area contributed by atoms with E-state index in [1.165, 1.54) is 16.7 Å². The van der Waals surface area contributed by atoms with E-state index in [0.29, 0.717) is 6.54 Å². The number of nitrogens with zero attached hydrogens (tertiary/aromatic N) is 1. The molecule has 0 aliphatic rings. The van der Waals surface area contributed by atoms with Gasteiger partial charge in [-0.2, -0.15) is 0 Å². The molecule has 0 amide bonds. The smallest absolute Gasteiger partial charge is 0.191 e. The molecule has 0 radical (unpaired) electrons. The van der Waals surface area contributed by atoms with E-state index in [4.69, 9.17) is 5.11 Å². The SMILES string of the molecule is CCNC(=NCc1ccc(C)cc1C)NCC(C)CO.I. The molecule has 0 heterocycles. The van der Waals surface area contributed by atoms with Gasteiger partial charge in [0.15, 0.2) is 5.96 Å². The summed E-state index contributed by atoms with van der Waals surface area (Å²) in [6.45, 7) is 10.7. The first kappa shape index (κ1) is 20.2. The van der Waals surface area contributed by atoms with Gasteiger partial charge in [0.1, 0.15) is 0 Å². The van der Waals surface area contributed by atoms with Crippen LogP contribution in [-0.2, 0) is 6.54 Å². The first-order valence-corrected chi connectivity index (χ1v) is 7.26. The van der Waals surface area contributed by atoms with E-state index in [2.05, 4.69) is 47.7 Å². The number of aliphatic hydroxyl groups excluding tert-OH is 1. The second kappa shape index (κ2) is 10.8. The number of aryl methyl sites for hydroxylation is 2. The number of nitrogens with one attached hydrogen (secondary N) is 2. The molecule has 1 unspecified atom stereocenters. The van der Waals surface area contributed by atoms with Gasteiger partial charge in [0.05, 0.1) is 6.54 Å². The third kappa shape index (κ3) is 7.66. The Morgan fingerprint density at radius 3 is 2.57 bits per heavy atom. The molecule has 1 aromatic carbocycles. The average Bonchev–Trinajstić information content (AvgIpc) is 2.43. The molecule has 0 saturated carbocycles. The minimum atomic E-state index is 0. The zero-order valence-electron chi connectivity index (χ0n) is 13.4. The Bertz CT molecular complexity index is 449. The number of halogens is 1. The van der Waals surface area contributed by atoms with Crippen molar-refractivity contribution in [3.8, 4) is 0 Å². The summed E-state index contributed by atoms with van der Waals surface area (Å²) >= 11 is 0. The Morgan fingerprint density at radius 1 is 1.29 bits per heavy atom. The predicted molar refractivity (Wildman–Crippen MR) is 100 cm³/mol. The van der Waals surface area contributed by atoms with Crippen molar-refractivity contribution in [3.05, 3.63) is 34.9 Å². The van der Waals surface area contributed by atoms with Crippen molar-refractivity contribution in [2.45, 2.75) is 34.2 Å². The summed E-state index contributed by atoms with van der Waals surface area (Å²) in [4.78, 5) is 4.59. The Kier molecular flexibility index (Phi) is 10.4. The van der Waals surface area contributed by atoms with E-state index in [9.17, 15) is 0 Å². The highest BCUT2D eigenvalue weighted by atomic mass is 127. The van der Waals surface area contributed by atoms with Crippen LogP contribution in [0, 0.1) is 19.8 Å². The molecule has 1 rings (SSSR count). The lowest BCUT2D eigenvalue weighted by molar-refractivity contribution is 0.238. The quantitative estimate of drug-likeness (QED) is 0.388. The summed E-state index contributed by atoms with van der Waals surface area (Å²) in [6, 6.07) is 6.43. The van der Waals surface area contributed by atoms with Crippen molar-refractivity contribution < 1.29 is 5.11 Å². The van der Waals surface area contributed by atoms with Gasteiger partial charge in [-0.25, -0.2) is 4.99 Å². The highest BCUT2D eigenvalue weighted by molar-refractivity contribution is 14.0. The number of hydrogen-bond acceptors (Lipinski definition) is 2. The first-order chi connectivity index (χ1) is 9.56. The molecule has 0 aliphatic heterocycles. The van der Waals surface area contributed by atoms with Crippen molar-refractivity contribution in [2.24, 2.45) is 10.9 Å². The molecule has 120 valence electrons. The van der Waals surface area contributed by atoms with Crippen LogP contribution in [0.2, 0.25) is 0 Å². The van der Waals surface area contributed by atoms with E-state index in [0.717, 1.165) is 19.0 Å². The molecule has 0 aliphatic carbocycles. The second-order valence-electron chi connectivity index (χ2n) is 5.29. The van der Waals surface area contributed by atoms with E-state index >= 15 is 0 Å². The van der Waals surface area contributed by atoms with Crippen molar-refractivity contribution in [1.29, 1.82) is 0 Å². The summed E-state index contributed by atoms with van der Waals surface area (Å²) in [6.07, 6.45) is 0. The molecule has 1 aromatic rings. The maximum absolute atomic E-state index is 9.05. The molecule has 3 N–H and O–H groups in total. The number of rotatable bonds is 6. The minimum Gasteiger partial charge on any atom is -0.396 e. The van der Waals surface area contributed by atoms with Gasteiger partial charge in [0.25, 0.3) is 0 Å². The third-order valence-electron chi connectivity index (χ3n) is 3.18. The fourth-order valence-corrected chi connectivity index (χ4v) is 1.86. The molecule has 4 nitrogen and oxygen atoms in total. The van der Waals surface area contributed by atoms with Gasteiger partial charge < -0.3 is 15.7 Å². The van der Waals surface area contributed by atoms with Crippen LogP contribution in [0.4, 0.5) is 0 Å². The maximum atomic E-state index is 9.05. The van der Waals surface area contributed by atoms with Crippen molar-refractivity contribution in [2.75, 3.05) is 19.7 Å². The molecule has 0 bridgehead atoms. The Balaban J connectivity index is 0.00000400. The summed E-state index contributed by atoms with van der Waals surface area (Å²) in [5.74, 6) is 1.02. The van der Waals surface area contributed by atoms with Gasteiger partial charge in [-0.05, 0) is 37.8 Å². The van der Waals surface area contributed by atoms with Crippen LogP contribution in [-0.4, -0.2) is 30.8 Å². The van der Waals surface area contributed by atoms with E-state index in [1.807, 2.05) is 13.8 Å². The molecule has 5 heteroatoms. The van der Waals surface area contributed by atoms with Gasteiger partial charge in [-0.3, -0.25) is 0 Å². The minimum absolute atomic E-state index is 0. The van der Waals surface area contributed by atoms with Crippen LogP contribution in [0.25, 0.3) is 0 Å². The molecular weight excluding hydrogens is 377 g/mol. The van der Waals surface area contributed by atoms with E-state index in [-0.39, 0.29) is 36.5 Å². The van der Waals surface area contributed by atoms with Crippen LogP contribution in [0.15, 0.2) is 23.2 Å². The van der Waals surface area contributed by atoms with Gasteiger partial charge in [0, 0.05) is 19.7 Å². The molecule has 1 atom stereocenters. The number of guanidine groups is 1. The van der Waals surface area contributed by atoms with Crippen LogP contribution in [0.5, 0.6) is 0 Å². The molecule has 0 saturated heterocycles. The van der Waals surface area contributed by atoms with Crippen LogP contribution in [0.3, 0.4) is 0 Å². The third-order valence-corrected chi connectivity index (χ3v) is 3.18. The largest absolute Gasteiger partial charge is 0.396 e. The second-order valence-corrected chi connectivity index (χ2v) is 5.29. The van der Waals surface area contributed by atoms with E-state index < -0.39 is 0 Å². The Labute approximate surface area is 145 Å². The maximum Gasteiger partial charge on any atom is 0.191 e. The summed E-state index contributed by atoms with van der Waals surface area (Å²) < 4.78 is 0. The first-order valence-electron chi connectivity index (χ1n) is 7.26. The zero-order chi connectivity index (χ0) is 15.0. The molecule has 0 spiro atoms. The van der Waals surface area contributed by atoms with Crippen LogP contribution < -0.4 is 10.6 Å². The molecule has 21 heavy (non-hydrogen) atoms. The summed E-state index contributed by atoms with van der Waals surface area (Å²) in [5, 5.41) is 15.5. The summed E-state index contributed by atoms with van der Waals surface area (Å²) in [7, 11) is 0. The fourth-order valence-electron chi connectivity index (χ4n) is 1.86. The predicted octanol–water partition coefficient (Wildman–Crippen LogP) is 2.60. The lowest BCUT2D eigenvalue weighted by Crippen LogP contribution is -2.39. The normalized spacial score (nSPS) is 12.5. The lowest BCUT2D eigenvalue weighted by atomic mass is 10.1. The topological polar surface area (TPSA) is 56.7 Å². The average molecular weight is 405 g/mol. The van der Waals surface area contributed by atoms with Gasteiger partial charge >= 0.3 is 0 Å². The number of aliphatic imine (C=N–C) groups is 1. The lowest BCUT2D eigenvalue weighted by Gasteiger charge is -2.14. The molecular formula is C16H28IN3O. The molecule has 0 fully saturated rings. The zero-order valence-corrected chi connectivity index (χ0v) is 15.8. The molecule has 0 aromatic heterocycles. The standard InChI is InChI=1S/C16H27N3O.HI/c1-5-17-16(18-9-13(3)11-20)19-10-15-7-6-12(2)8-14(15)4;/h6-8,13,20H,5,9-11H2,1-4H3,(H2,17,18,19);1H. The van der Waals surface area contributed by atoms with Gasteiger partial charge in [-0.1, -0.05) is 30.7 Å². The van der Waals surface area contributed by atoms with E-state index in [1.54, 1.807) is 0 Å². The summed E-state index contributed by atoms with van der Waals surface area (Å²) in [5.41, 5.74) is 3.79. The van der Waals surface area contributed by atoms with Crippen molar-refractivity contribution in [1.82, 2.24) is 10.6 Å². The van der Waals surface area contributed by atoms with Gasteiger partial charge in [0.2, 0.25) is 0 Å². The number of benzene rings is 1. The fraction of sp³-hybridized carbons (Fsp3) is 0.562. The monoisotopic (exact) mass is 405 g/mol.